The van der Waals surface area contributed by atoms with E-state index in [2.05, 4.69) is 9.82 Å². The molecular formula is C15H12F3N3O2S. The van der Waals surface area contributed by atoms with Gasteiger partial charge in [-0.05, 0) is 42.5 Å². The minimum absolute atomic E-state index is 0.386. The van der Waals surface area contributed by atoms with Crippen LogP contribution in [0.4, 0.5) is 18.9 Å². The molecule has 24 heavy (non-hydrogen) atoms. The fourth-order valence-electron chi connectivity index (χ4n) is 2.31. The Labute approximate surface area is 135 Å². The van der Waals surface area contributed by atoms with E-state index in [1.54, 1.807) is 18.2 Å². The molecule has 126 valence electrons. The predicted molar refractivity (Wildman–Crippen MR) is 84.5 cm³/mol. The fraction of sp³-hybridized carbons (Fsp3) is 0.133. The van der Waals surface area contributed by atoms with Crippen LogP contribution in [0.1, 0.15) is 5.56 Å². The van der Waals surface area contributed by atoms with Gasteiger partial charge in [-0.3, -0.25) is 4.72 Å². The molecule has 5 nitrogen and oxygen atoms in total. The Morgan fingerprint density at radius 2 is 1.75 bits per heavy atom. The first-order chi connectivity index (χ1) is 11.1. The zero-order chi connectivity index (χ0) is 17.5. The van der Waals surface area contributed by atoms with Crippen LogP contribution in [-0.4, -0.2) is 24.5 Å². The molecule has 0 spiro atoms. The standard InChI is InChI=1S/C15H12F3N3O2S/c1-24(22,23)20-12-4-7-14-10(8-12)9-19-21(14)13-5-2-11(3-6-13)15(16,17)18/h2-9,20H,1H3. The first kappa shape index (κ1) is 16.3. The zero-order valence-electron chi connectivity index (χ0n) is 12.4. The third-order valence-electron chi connectivity index (χ3n) is 3.31. The van der Waals surface area contributed by atoms with Crippen molar-refractivity contribution in [3.63, 3.8) is 0 Å². The summed E-state index contributed by atoms with van der Waals surface area (Å²) in [6.07, 6.45) is -1.83. The van der Waals surface area contributed by atoms with Crippen molar-refractivity contribution in [3.05, 3.63) is 54.2 Å². The number of alkyl halides is 3. The Kier molecular flexibility index (Phi) is 3.75. The molecular weight excluding hydrogens is 343 g/mol. The summed E-state index contributed by atoms with van der Waals surface area (Å²) < 4.78 is 64.2. The smallest absolute Gasteiger partial charge is 0.284 e. The van der Waals surface area contributed by atoms with E-state index >= 15 is 0 Å². The van der Waals surface area contributed by atoms with E-state index in [-0.39, 0.29) is 0 Å². The average molecular weight is 355 g/mol. The van der Waals surface area contributed by atoms with Crippen molar-refractivity contribution in [1.82, 2.24) is 9.78 Å². The number of sulfonamides is 1. The summed E-state index contributed by atoms with van der Waals surface area (Å²) in [5.41, 5.74) is 0.773. The third kappa shape index (κ3) is 3.35. The fourth-order valence-corrected chi connectivity index (χ4v) is 2.86. The van der Waals surface area contributed by atoms with Gasteiger partial charge < -0.3 is 0 Å². The van der Waals surface area contributed by atoms with Crippen molar-refractivity contribution in [2.75, 3.05) is 11.0 Å². The molecule has 0 aliphatic carbocycles. The second-order valence-corrected chi connectivity index (χ2v) is 7.00. The summed E-state index contributed by atoms with van der Waals surface area (Å²) in [5.74, 6) is 0. The average Bonchev–Trinajstić information content (AvgIpc) is 2.88. The van der Waals surface area contributed by atoms with Crippen molar-refractivity contribution in [2.24, 2.45) is 0 Å². The van der Waals surface area contributed by atoms with Crippen LogP contribution in [0, 0.1) is 0 Å². The molecule has 1 aromatic heterocycles. The van der Waals surface area contributed by atoms with Crippen LogP contribution in [-0.2, 0) is 16.2 Å². The number of hydrogen-bond acceptors (Lipinski definition) is 3. The molecule has 0 fully saturated rings. The van der Waals surface area contributed by atoms with E-state index in [4.69, 9.17) is 0 Å². The number of fused-ring (bicyclic) bond motifs is 1. The normalized spacial score (nSPS) is 12.5. The minimum Gasteiger partial charge on any atom is -0.284 e. The predicted octanol–water partition coefficient (Wildman–Crippen LogP) is 3.42. The van der Waals surface area contributed by atoms with Crippen LogP contribution in [0.2, 0.25) is 0 Å². The van der Waals surface area contributed by atoms with E-state index in [1.165, 1.54) is 23.0 Å². The van der Waals surface area contributed by atoms with Gasteiger partial charge in [0.1, 0.15) is 0 Å². The second-order valence-electron chi connectivity index (χ2n) is 5.25. The molecule has 3 rings (SSSR count). The van der Waals surface area contributed by atoms with Crippen molar-refractivity contribution in [2.45, 2.75) is 6.18 Å². The molecule has 0 amide bonds. The number of rotatable bonds is 3. The summed E-state index contributed by atoms with van der Waals surface area (Å²) in [4.78, 5) is 0. The van der Waals surface area contributed by atoms with Crippen molar-refractivity contribution >= 4 is 26.6 Å². The highest BCUT2D eigenvalue weighted by atomic mass is 32.2. The van der Waals surface area contributed by atoms with Crippen LogP contribution in [0.15, 0.2) is 48.7 Å². The Morgan fingerprint density at radius 3 is 2.33 bits per heavy atom. The molecule has 2 aromatic carbocycles. The summed E-state index contributed by atoms with van der Waals surface area (Å²) in [6.45, 7) is 0. The van der Waals surface area contributed by atoms with Gasteiger partial charge in [0, 0.05) is 11.1 Å². The number of aromatic nitrogens is 2. The lowest BCUT2D eigenvalue weighted by Gasteiger charge is -2.09. The Bertz CT molecular complexity index is 993. The molecule has 0 saturated carbocycles. The van der Waals surface area contributed by atoms with Gasteiger partial charge >= 0.3 is 6.18 Å². The van der Waals surface area contributed by atoms with Gasteiger partial charge in [-0.1, -0.05) is 0 Å². The van der Waals surface area contributed by atoms with Crippen LogP contribution < -0.4 is 4.72 Å². The summed E-state index contributed by atoms with van der Waals surface area (Å²) >= 11 is 0. The molecule has 1 N–H and O–H groups in total. The molecule has 0 aliphatic rings. The molecule has 0 unspecified atom stereocenters. The highest BCUT2D eigenvalue weighted by molar-refractivity contribution is 7.92. The van der Waals surface area contributed by atoms with Crippen LogP contribution >= 0.6 is 0 Å². The number of hydrogen-bond donors (Lipinski definition) is 1. The second kappa shape index (κ2) is 5.52. The van der Waals surface area contributed by atoms with E-state index < -0.39 is 21.8 Å². The topological polar surface area (TPSA) is 64.0 Å². The van der Waals surface area contributed by atoms with Crippen molar-refractivity contribution in [3.8, 4) is 5.69 Å². The molecule has 0 bridgehead atoms. The van der Waals surface area contributed by atoms with Gasteiger partial charge in [-0.2, -0.15) is 18.3 Å². The Morgan fingerprint density at radius 1 is 1.08 bits per heavy atom. The Hall–Kier alpha value is -2.55. The number of nitrogens with one attached hydrogen (secondary N) is 1. The zero-order valence-corrected chi connectivity index (χ0v) is 13.2. The summed E-state index contributed by atoms with van der Waals surface area (Å²) in [6, 6.07) is 9.45. The first-order valence-corrected chi connectivity index (χ1v) is 8.66. The van der Waals surface area contributed by atoms with Gasteiger partial charge in [0.2, 0.25) is 10.0 Å². The van der Waals surface area contributed by atoms with Gasteiger partial charge in [-0.15, -0.1) is 0 Å². The van der Waals surface area contributed by atoms with Crippen molar-refractivity contribution < 1.29 is 21.6 Å². The summed E-state index contributed by atoms with van der Waals surface area (Å²) in [7, 11) is -3.39. The third-order valence-corrected chi connectivity index (χ3v) is 3.92. The first-order valence-electron chi connectivity index (χ1n) is 6.77. The van der Waals surface area contributed by atoms with Crippen molar-refractivity contribution in [1.29, 1.82) is 0 Å². The molecule has 0 aliphatic heterocycles. The summed E-state index contributed by atoms with van der Waals surface area (Å²) in [5, 5.41) is 4.81. The maximum atomic E-state index is 12.6. The highest BCUT2D eigenvalue weighted by Crippen LogP contribution is 2.30. The maximum absolute atomic E-state index is 12.6. The lowest BCUT2D eigenvalue weighted by molar-refractivity contribution is -0.137. The van der Waals surface area contributed by atoms with E-state index in [9.17, 15) is 21.6 Å². The van der Waals surface area contributed by atoms with Crippen LogP contribution in [0.25, 0.3) is 16.6 Å². The lowest BCUT2D eigenvalue weighted by atomic mass is 10.2. The molecule has 0 atom stereocenters. The van der Waals surface area contributed by atoms with Gasteiger partial charge in [0.15, 0.2) is 0 Å². The highest BCUT2D eigenvalue weighted by Gasteiger charge is 2.30. The molecule has 0 saturated heterocycles. The minimum atomic E-state index is -4.39. The van der Waals surface area contributed by atoms with Crippen LogP contribution in [0.5, 0.6) is 0 Å². The Balaban J connectivity index is 1.99. The molecule has 0 radical (unpaired) electrons. The number of halogens is 3. The van der Waals surface area contributed by atoms with Gasteiger partial charge in [0.05, 0.1) is 29.2 Å². The van der Waals surface area contributed by atoms with E-state index in [0.29, 0.717) is 22.3 Å². The monoisotopic (exact) mass is 355 g/mol. The quantitative estimate of drug-likeness (QED) is 0.783. The van der Waals surface area contributed by atoms with E-state index in [1.807, 2.05) is 0 Å². The number of benzene rings is 2. The van der Waals surface area contributed by atoms with Crippen LogP contribution in [0.3, 0.4) is 0 Å². The number of nitrogens with zero attached hydrogens (tertiary/aromatic N) is 2. The SMILES string of the molecule is CS(=O)(=O)Nc1ccc2c(cnn2-c2ccc(C(F)(F)F)cc2)c1. The lowest BCUT2D eigenvalue weighted by Crippen LogP contribution is -2.09. The largest absolute Gasteiger partial charge is 0.416 e. The van der Waals surface area contributed by atoms with E-state index in [0.717, 1.165) is 18.4 Å². The van der Waals surface area contributed by atoms with Gasteiger partial charge in [0.25, 0.3) is 0 Å². The van der Waals surface area contributed by atoms with Gasteiger partial charge in [-0.25, -0.2) is 13.1 Å². The number of anilines is 1. The maximum Gasteiger partial charge on any atom is 0.416 e. The molecule has 1 heterocycles. The molecule has 9 heteroatoms. The molecule has 3 aromatic rings.